The molecule has 148 valence electrons. The van der Waals surface area contributed by atoms with Gasteiger partial charge in [0.15, 0.2) is 11.8 Å². The molecule has 0 spiro atoms. The summed E-state index contributed by atoms with van der Waals surface area (Å²) in [6.07, 6.45) is 2.62. The summed E-state index contributed by atoms with van der Waals surface area (Å²) in [7, 11) is 3.38. The smallest absolute Gasteiger partial charge is 0.191 e. The number of benzene rings is 1. The van der Waals surface area contributed by atoms with Crippen LogP contribution in [0.25, 0.3) is 11.4 Å². The van der Waals surface area contributed by atoms with Gasteiger partial charge < -0.3 is 15.4 Å². The highest BCUT2D eigenvalue weighted by Gasteiger charge is 2.07. The van der Waals surface area contributed by atoms with Crippen molar-refractivity contribution >= 4 is 29.9 Å². The highest BCUT2D eigenvalue weighted by atomic mass is 127. The number of nitrogens with zero attached hydrogens (tertiary/aromatic N) is 4. The van der Waals surface area contributed by atoms with Crippen molar-refractivity contribution < 1.29 is 4.74 Å². The number of hydrogen-bond donors (Lipinski definition) is 3. The molecule has 9 heteroatoms. The van der Waals surface area contributed by atoms with Gasteiger partial charge in [-0.05, 0) is 36.4 Å². The maximum absolute atomic E-state index is 5.17. The summed E-state index contributed by atoms with van der Waals surface area (Å²) in [5.41, 5.74) is 1.97. The van der Waals surface area contributed by atoms with Crippen LogP contribution >= 0.6 is 24.0 Å². The van der Waals surface area contributed by atoms with Gasteiger partial charge in [0, 0.05) is 37.5 Å². The number of aliphatic imine (C=N–C) groups is 1. The zero-order chi connectivity index (χ0) is 18.9. The van der Waals surface area contributed by atoms with E-state index < -0.39 is 0 Å². The first kappa shape index (κ1) is 21.6. The molecule has 3 aromatic rings. The van der Waals surface area contributed by atoms with Crippen LogP contribution in [0.1, 0.15) is 11.5 Å². The summed E-state index contributed by atoms with van der Waals surface area (Å²) in [6.45, 7) is 1.23. The van der Waals surface area contributed by atoms with Crippen molar-refractivity contribution in [1.82, 2.24) is 30.8 Å². The van der Waals surface area contributed by atoms with Crippen LogP contribution < -0.4 is 15.4 Å². The Morgan fingerprint density at radius 3 is 2.64 bits per heavy atom. The molecule has 28 heavy (non-hydrogen) atoms. The molecule has 2 aromatic heterocycles. The van der Waals surface area contributed by atoms with Crippen LogP contribution in [0.3, 0.4) is 0 Å². The lowest BCUT2D eigenvalue weighted by Gasteiger charge is -2.10. The average Bonchev–Trinajstić information content (AvgIpc) is 3.20. The molecular weight excluding hydrogens is 469 g/mol. The Hall–Kier alpha value is -2.69. The third kappa shape index (κ3) is 6.19. The van der Waals surface area contributed by atoms with Gasteiger partial charge >= 0.3 is 0 Å². The fraction of sp³-hybridized carbons (Fsp3) is 0.263. The number of halogens is 1. The van der Waals surface area contributed by atoms with Gasteiger partial charge in [-0.1, -0.05) is 6.07 Å². The molecule has 8 nitrogen and oxygen atoms in total. The van der Waals surface area contributed by atoms with E-state index in [1.807, 2.05) is 42.5 Å². The van der Waals surface area contributed by atoms with E-state index in [4.69, 9.17) is 4.74 Å². The number of pyridine rings is 1. The molecule has 0 atom stereocenters. The highest BCUT2D eigenvalue weighted by molar-refractivity contribution is 14.0. The van der Waals surface area contributed by atoms with Crippen molar-refractivity contribution in [2.45, 2.75) is 13.0 Å². The molecule has 0 aliphatic carbocycles. The van der Waals surface area contributed by atoms with Crippen LogP contribution in [0.5, 0.6) is 5.75 Å². The Morgan fingerprint density at radius 1 is 1.14 bits per heavy atom. The van der Waals surface area contributed by atoms with Gasteiger partial charge in [0.05, 0.1) is 13.7 Å². The molecule has 0 amide bonds. The maximum atomic E-state index is 5.17. The minimum atomic E-state index is 0. The predicted octanol–water partition coefficient (Wildman–Crippen LogP) is 2.40. The summed E-state index contributed by atoms with van der Waals surface area (Å²) in [5.74, 6) is 2.88. The van der Waals surface area contributed by atoms with Crippen molar-refractivity contribution in [2.24, 2.45) is 4.99 Å². The fourth-order valence-electron chi connectivity index (χ4n) is 2.49. The molecule has 3 rings (SSSR count). The molecule has 0 saturated heterocycles. The highest BCUT2D eigenvalue weighted by Crippen LogP contribution is 2.18. The second-order valence-corrected chi connectivity index (χ2v) is 5.76. The Balaban J connectivity index is 0.00000280. The molecule has 0 aliphatic heterocycles. The minimum absolute atomic E-state index is 0. The summed E-state index contributed by atoms with van der Waals surface area (Å²) in [4.78, 5) is 13.0. The van der Waals surface area contributed by atoms with E-state index in [-0.39, 0.29) is 24.0 Å². The van der Waals surface area contributed by atoms with Crippen molar-refractivity contribution in [3.8, 4) is 17.1 Å². The van der Waals surface area contributed by atoms with Gasteiger partial charge in [-0.2, -0.15) is 5.10 Å². The number of guanidine groups is 1. The van der Waals surface area contributed by atoms with E-state index >= 15 is 0 Å². The van der Waals surface area contributed by atoms with E-state index in [0.29, 0.717) is 18.3 Å². The van der Waals surface area contributed by atoms with Gasteiger partial charge in [-0.15, -0.1) is 24.0 Å². The van der Waals surface area contributed by atoms with E-state index in [0.717, 1.165) is 35.8 Å². The first-order chi connectivity index (χ1) is 13.3. The molecule has 2 heterocycles. The lowest BCUT2D eigenvalue weighted by Crippen LogP contribution is -2.38. The Labute approximate surface area is 181 Å². The summed E-state index contributed by atoms with van der Waals surface area (Å²) >= 11 is 0. The molecule has 0 radical (unpaired) electrons. The molecule has 0 unspecified atom stereocenters. The molecule has 0 bridgehead atoms. The number of nitrogens with one attached hydrogen (secondary N) is 3. The minimum Gasteiger partial charge on any atom is -0.497 e. The van der Waals surface area contributed by atoms with Crippen LogP contribution in [0, 0.1) is 0 Å². The standard InChI is InChI=1S/C19H23N7O.HI/c1-20-19(22-12-10-15-5-3-4-11-21-15)23-13-17-24-18(26-25-17)14-6-8-16(27-2)9-7-14;/h3-9,11H,10,12-13H2,1-2H3,(H2,20,22,23)(H,24,25,26);1H. The van der Waals surface area contributed by atoms with Crippen molar-refractivity contribution in [1.29, 1.82) is 0 Å². The lowest BCUT2D eigenvalue weighted by molar-refractivity contribution is 0.415. The number of rotatable bonds is 7. The van der Waals surface area contributed by atoms with Gasteiger partial charge in [0.1, 0.15) is 11.6 Å². The van der Waals surface area contributed by atoms with Crippen LogP contribution in [0.15, 0.2) is 53.7 Å². The monoisotopic (exact) mass is 493 g/mol. The first-order valence-electron chi connectivity index (χ1n) is 8.68. The second kappa shape index (κ2) is 11.2. The van der Waals surface area contributed by atoms with E-state index in [1.54, 1.807) is 20.4 Å². The summed E-state index contributed by atoms with van der Waals surface area (Å²) in [6, 6.07) is 13.5. The summed E-state index contributed by atoms with van der Waals surface area (Å²) in [5, 5.41) is 13.7. The molecular formula is C19H24IN7O. The Bertz CT molecular complexity index is 866. The van der Waals surface area contributed by atoms with E-state index in [9.17, 15) is 0 Å². The Morgan fingerprint density at radius 2 is 1.96 bits per heavy atom. The van der Waals surface area contributed by atoms with Crippen molar-refractivity contribution in [3.05, 3.63) is 60.2 Å². The number of methoxy groups -OCH3 is 1. The lowest BCUT2D eigenvalue weighted by atomic mass is 10.2. The first-order valence-corrected chi connectivity index (χ1v) is 8.68. The maximum Gasteiger partial charge on any atom is 0.191 e. The van der Waals surface area contributed by atoms with E-state index in [2.05, 4.69) is 35.8 Å². The number of ether oxygens (including phenoxy) is 1. The Kier molecular flexibility index (Phi) is 8.66. The normalized spacial score (nSPS) is 10.9. The SMILES string of the molecule is CN=C(NCCc1ccccn1)NCc1nc(-c2ccc(OC)cc2)n[nH]1.I. The van der Waals surface area contributed by atoms with E-state index in [1.165, 1.54) is 0 Å². The summed E-state index contributed by atoms with van der Waals surface area (Å²) < 4.78 is 5.17. The van der Waals surface area contributed by atoms with Gasteiger partial charge in [-0.25, -0.2) is 4.98 Å². The average molecular weight is 493 g/mol. The fourth-order valence-corrected chi connectivity index (χ4v) is 2.49. The van der Waals surface area contributed by atoms with Gasteiger partial charge in [0.25, 0.3) is 0 Å². The molecule has 0 fully saturated rings. The molecule has 0 saturated carbocycles. The third-order valence-electron chi connectivity index (χ3n) is 3.93. The molecule has 3 N–H and O–H groups in total. The topological polar surface area (TPSA) is 100 Å². The van der Waals surface area contributed by atoms with Crippen LogP contribution in [0.2, 0.25) is 0 Å². The van der Waals surface area contributed by atoms with Crippen LogP contribution in [-0.2, 0) is 13.0 Å². The predicted molar refractivity (Wildman–Crippen MR) is 120 cm³/mol. The number of hydrogen-bond acceptors (Lipinski definition) is 5. The molecule has 1 aromatic carbocycles. The number of H-pyrrole nitrogens is 1. The zero-order valence-corrected chi connectivity index (χ0v) is 18.2. The quantitative estimate of drug-likeness (QED) is 0.266. The number of aromatic nitrogens is 4. The van der Waals surface area contributed by atoms with Crippen molar-refractivity contribution in [2.75, 3.05) is 20.7 Å². The van der Waals surface area contributed by atoms with Crippen LogP contribution in [0.4, 0.5) is 0 Å². The number of aromatic amines is 1. The molecule has 0 aliphatic rings. The zero-order valence-electron chi connectivity index (χ0n) is 15.8. The third-order valence-corrected chi connectivity index (χ3v) is 3.93. The second-order valence-electron chi connectivity index (χ2n) is 5.76. The van der Waals surface area contributed by atoms with Crippen molar-refractivity contribution in [3.63, 3.8) is 0 Å². The van der Waals surface area contributed by atoms with Gasteiger partial charge in [-0.3, -0.25) is 15.1 Å². The van der Waals surface area contributed by atoms with Gasteiger partial charge in [0.2, 0.25) is 0 Å². The largest absolute Gasteiger partial charge is 0.497 e. The van der Waals surface area contributed by atoms with Crippen LogP contribution in [-0.4, -0.2) is 46.8 Å².